The average Bonchev–Trinajstić information content (AvgIpc) is 2.52. The van der Waals surface area contributed by atoms with E-state index in [0.717, 1.165) is 10.6 Å². The summed E-state index contributed by atoms with van der Waals surface area (Å²) in [6.07, 6.45) is 2.98. The second kappa shape index (κ2) is 6.99. The first-order valence-electron chi connectivity index (χ1n) is 6.33. The Bertz CT molecular complexity index is 603. The zero-order chi connectivity index (χ0) is 15.1. The van der Waals surface area contributed by atoms with E-state index in [4.69, 9.17) is 0 Å². The number of urea groups is 1. The van der Waals surface area contributed by atoms with E-state index in [1.807, 2.05) is 30.3 Å². The van der Waals surface area contributed by atoms with Gasteiger partial charge in [0.15, 0.2) is 0 Å². The molecule has 0 unspecified atom stereocenters. The predicted octanol–water partition coefficient (Wildman–Crippen LogP) is 1.24. The Hall–Kier alpha value is -2.96. The van der Waals surface area contributed by atoms with Crippen LogP contribution in [0.25, 0.3) is 0 Å². The number of carbonyl (C=O) groups is 2. The quantitative estimate of drug-likeness (QED) is 0.831. The highest BCUT2D eigenvalue weighted by Gasteiger charge is 2.18. The fourth-order valence-corrected chi connectivity index (χ4v) is 1.61. The van der Waals surface area contributed by atoms with Crippen LogP contribution in [0.2, 0.25) is 0 Å². The highest BCUT2D eigenvalue weighted by molar-refractivity contribution is 5.93. The number of nitrogens with one attached hydrogen (secondary N) is 2. The molecular weight excluding hydrogens is 270 g/mol. The molecular formula is C14H15N5O2. The molecule has 7 nitrogen and oxygen atoms in total. The Morgan fingerprint density at radius 2 is 1.76 bits per heavy atom. The van der Waals surface area contributed by atoms with Gasteiger partial charge in [0.1, 0.15) is 0 Å². The van der Waals surface area contributed by atoms with Crippen LogP contribution in [0, 0.1) is 0 Å². The number of anilines is 1. The number of carbonyl (C=O) groups excluding carboxylic acids is 2. The molecule has 0 spiro atoms. The Morgan fingerprint density at radius 1 is 1.10 bits per heavy atom. The van der Waals surface area contributed by atoms with Crippen molar-refractivity contribution in [3.63, 3.8) is 0 Å². The summed E-state index contributed by atoms with van der Waals surface area (Å²) in [7, 11) is 0. The summed E-state index contributed by atoms with van der Waals surface area (Å²) in [5, 5.41) is 3.67. The summed E-state index contributed by atoms with van der Waals surface area (Å²) in [4.78, 5) is 31.3. The largest absolute Gasteiger partial charge is 0.343 e. The maximum atomic E-state index is 12.2. The van der Waals surface area contributed by atoms with Crippen molar-refractivity contribution in [3.8, 4) is 0 Å². The minimum atomic E-state index is -0.514. The molecule has 0 atom stereocenters. The topological polar surface area (TPSA) is 87.2 Å². The predicted molar refractivity (Wildman–Crippen MR) is 77.0 cm³/mol. The first-order valence-corrected chi connectivity index (χ1v) is 6.33. The second-order valence-electron chi connectivity index (χ2n) is 4.20. The molecule has 21 heavy (non-hydrogen) atoms. The van der Waals surface area contributed by atoms with Crippen LogP contribution in [0.5, 0.6) is 0 Å². The van der Waals surface area contributed by atoms with Gasteiger partial charge in [-0.3, -0.25) is 10.2 Å². The molecule has 0 radical (unpaired) electrons. The third-order valence-corrected chi connectivity index (χ3v) is 2.51. The van der Waals surface area contributed by atoms with Gasteiger partial charge in [-0.2, -0.15) is 5.01 Å². The van der Waals surface area contributed by atoms with Crippen LogP contribution in [-0.2, 0) is 11.3 Å². The van der Waals surface area contributed by atoms with E-state index in [1.54, 1.807) is 6.07 Å². The number of benzene rings is 1. The number of aromatic nitrogens is 2. The van der Waals surface area contributed by atoms with Gasteiger partial charge in [-0.15, -0.1) is 0 Å². The van der Waals surface area contributed by atoms with E-state index in [2.05, 4.69) is 20.7 Å². The molecule has 2 aromatic rings. The molecule has 0 saturated heterocycles. The monoisotopic (exact) mass is 285 g/mol. The van der Waals surface area contributed by atoms with E-state index >= 15 is 0 Å². The minimum absolute atomic E-state index is 0.0956. The van der Waals surface area contributed by atoms with Crippen LogP contribution in [0.1, 0.15) is 12.5 Å². The van der Waals surface area contributed by atoms with Gasteiger partial charge in [0.2, 0.25) is 5.91 Å². The van der Waals surface area contributed by atoms with Crippen molar-refractivity contribution in [3.05, 3.63) is 54.4 Å². The van der Waals surface area contributed by atoms with Gasteiger partial charge in [0.05, 0.1) is 0 Å². The third kappa shape index (κ3) is 4.27. The standard InChI is InChI=1S/C14H15N5O2/c1-11(20)18-19(13-15-8-5-9-16-13)14(21)17-10-12-6-3-2-4-7-12/h2-9H,10H2,1H3,(H,17,21)(H,18,20). The van der Waals surface area contributed by atoms with Crippen molar-refractivity contribution < 1.29 is 9.59 Å². The van der Waals surface area contributed by atoms with Crippen LogP contribution < -0.4 is 15.8 Å². The van der Waals surface area contributed by atoms with Crippen LogP contribution in [-0.4, -0.2) is 21.9 Å². The lowest BCUT2D eigenvalue weighted by atomic mass is 10.2. The molecule has 1 heterocycles. The van der Waals surface area contributed by atoms with E-state index in [1.165, 1.54) is 19.3 Å². The van der Waals surface area contributed by atoms with Gasteiger partial charge >= 0.3 is 6.03 Å². The lowest BCUT2D eigenvalue weighted by molar-refractivity contribution is -0.119. The van der Waals surface area contributed by atoms with Crippen molar-refractivity contribution in [1.29, 1.82) is 0 Å². The van der Waals surface area contributed by atoms with E-state index in [-0.39, 0.29) is 5.95 Å². The maximum Gasteiger partial charge on any atom is 0.343 e. The fraction of sp³-hybridized carbons (Fsp3) is 0.143. The van der Waals surface area contributed by atoms with Crippen LogP contribution in [0.15, 0.2) is 48.8 Å². The van der Waals surface area contributed by atoms with Gasteiger partial charge in [-0.05, 0) is 11.6 Å². The summed E-state index contributed by atoms with van der Waals surface area (Å²) in [6, 6.07) is 10.6. The van der Waals surface area contributed by atoms with E-state index in [9.17, 15) is 9.59 Å². The first kappa shape index (κ1) is 14.4. The first-order chi connectivity index (χ1) is 10.2. The Labute approximate surface area is 122 Å². The zero-order valence-corrected chi connectivity index (χ0v) is 11.5. The van der Waals surface area contributed by atoms with Crippen molar-refractivity contribution in [2.75, 3.05) is 5.01 Å². The molecule has 7 heteroatoms. The zero-order valence-electron chi connectivity index (χ0n) is 11.5. The van der Waals surface area contributed by atoms with E-state index < -0.39 is 11.9 Å². The molecule has 0 saturated carbocycles. The number of amides is 3. The lowest BCUT2D eigenvalue weighted by Gasteiger charge is -2.20. The summed E-state index contributed by atoms with van der Waals surface area (Å²) in [6.45, 7) is 1.64. The van der Waals surface area contributed by atoms with Gasteiger partial charge in [0, 0.05) is 25.9 Å². The van der Waals surface area contributed by atoms with Crippen LogP contribution >= 0.6 is 0 Å². The molecule has 2 rings (SSSR count). The summed E-state index contributed by atoms with van der Waals surface area (Å²) >= 11 is 0. The fourth-order valence-electron chi connectivity index (χ4n) is 1.61. The molecule has 108 valence electrons. The molecule has 1 aromatic carbocycles. The van der Waals surface area contributed by atoms with Crippen molar-refractivity contribution >= 4 is 17.9 Å². The summed E-state index contributed by atoms with van der Waals surface area (Å²) in [5.74, 6) is -0.296. The van der Waals surface area contributed by atoms with Gasteiger partial charge in [-0.1, -0.05) is 30.3 Å². The minimum Gasteiger partial charge on any atom is -0.332 e. The number of hydrogen-bond acceptors (Lipinski definition) is 4. The van der Waals surface area contributed by atoms with Gasteiger partial charge < -0.3 is 5.32 Å². The Kier molecular flexibility index (Phi) is 4.81. The Morgan fingerprint density at radius 3 is 2.38 bits per heavy atom. The number of hydrazine groups is 1. The number of hydrogen-bond donors (Lipinski definition) is 2. The molecule has 3 amide bonds. The van der Waals surface area contributed by atoms with Crippen molar-refractivity contribution in [1.82, 2.24) is 20.7 Å². The third-order valence-electron chi connectivity index (χ3n) is 2.51. The lowest BCUT2D eigenvalue weighted by Crippen LogP contribution is -2.51. The second-order valence-corrected chi connectivity index (χ2v) is 4.20. The normalized spacial score (nSPS) is 9.76. The molecule has 0 aliphatic carbocycles. The SMILES string of the molecule is CC(=O)NN(C(=O)NCc1ccccc1)c1ncccn1. The van der Waals surface area contributed by atoms with Crippen molar-refractivity contribution in [2.45, 2.75) is 13.5 Å². The van der Waals surface area contributed by atoms with Gasteiger partial charge in [-0.25, -0.2) is 14.8 Å². The van der Waals surface area contributed by atoms with Crippen LogP contribution in [0.4, 0.5) is 10.7 Å². The molecule has 0 aliphatic heterocycles. The molecule has 0 aliphatic rings. The van der Waals surface area contributed by atoms with Crippen LogP contribution in [0.3, 0.4) is 0 Å². The molecule has 1 aromatic heterocycles. The number of rotatable bonds is 3. The number of nitrogens with zero attached hydrogens (tertiary/aromatic N) is 3. The summed E-state index contributed by atoms with van der Waals surface area (Å²) in [5.41, 5.74) is 3.34. The molecule has 2 N–H and O–H groups in total. The van der Waals surface area contributed by atoms with E-state index in [0.29, 0.717) is 6.54 Å². The summed E-state index contributed by atoms with van der Waals surface area (Å²) < 4.78 is 0. The average molecular weight is 285 g/mol. The van der Waals surface area contributed by atoms with Gasteiger partial charge in [0.25, 0.3) is 5.95 Å². The van der Waals surface area contributed by atoms with Crippen molar-refractivity contribution in [2.24, 2.45) is 0 Å². The Balaban J connectivity index is 2.06. The smallest absolute Gasteiger partial charge is 0.332 e. The highest BCUT2D eigenvalue weighted by Crippen LogP contribution is 2.03. The molecule has 0 bridgehead atoms. The molecule has 0 fully saturated rings. The maximum absolute atomic E-state index is 12.2. The highest BCUT2D eigenvalue weighted by atomic mass is 16.2.